The number of halogens is 1. The molecule has 0 amide bonds. The number of hydrogen-bond donors (Lipinski definition) is 0. The Morgan fingerprint density at radius 2 is 1.75 bits per heavy atom. The van der Waals surface area contributed by atoms with Crippen LogP contribution in [-0.2, 0) is 9.84 Å². The molecule has 0 spiro atoms. The molecule has 0 aromatic carbocycles. The number of hydrogen-bond acceptors (Lipinski definition) is 2. The Kier molecular flexibility index (Phi) is 7.66. The molecule has 0 radical (unpaired) electrons. The molecule has 16 heavy (non-hydrogen) atoms. The van der Waals surface area contributed by atoms with E-state index in [4.69, 9.17) is 11.6 Å². The first-order valence-corrected chi connectivity index (χ1v) is 8.57. The first-order chi connectivity index (χ1) is 7.45. The van der Waals surface area contributed by atoms with Gasteiger partial charge in [-0.2, -0.15) is 0 Å². The van der Waals surface area contributed by atoms with Gasteiger partial charge in [0.15, 0.2) is 0 Å². The van der Waals surface area contributed by atoms with E-state index in [-0.39, 0.29) is 16.9 Å². The van der Waals surface area contributed by atoms with Crippen molar-refractivity contribution < 1.29 is 8.42 Å². The van der Waals surface area contributed by atoms with Crippen molar-refractivity contribution in [1.29, 1.82) is 0 Å². The molecule has 0 aliphatic carbocycles. The molecule has 2 nitrogen and oxygen atoms in total. The van der Waals surface area contributed by atoms with Crippen LogP contribution in [0.5, 0.6) is 0 Å². The van der Waals surface area contributed by atoms with Gasteiger partial charge in [-0.1, -0.05) is 33.6 Å². The predicted octanol–water partition coefficient (Wildman–Crippen LogP) is 3.64. The van der Waals surface area contributed by atoms with E-state index < -0.39 is 9.84 Å². The molecule has 1 unspecified atom stereocenters. The topological polar surface area (TPSA) is 34.1 Å². The Hall–Kier alpha value is 0.240. The minimum absolute atomic E-state index is 0.0276. The second-order valence-corrected chi connectivity index (χ2v) is 7.32. The third-order valence-electron chi connectivity index (χ3n) is 3.48. The fraction of sp³-hybridized carbons (Fsp3) is 1.00. The average molecular weight is 269 g/mol. The van der Waals surface area contributed by atoms with Crippen molar-refractivity contribution in [3.05, 3.63) is 0 Å². The summed E-state index contributed by atoms with van der Waals surface area (Å²) in [5, 5.41) is 0. The van der Waals surface area contributed by atoms with Gasteiger partial charge in [0, 0.05) is 11.6 Å². The summed E-state index contributed by atoms with van der Waals surface area (Å²) in [5.41, 5.74) is 0.0276. The lowest BCUT2D eigenvalue weighted by Gasteiger charge is -2.30. The molecule has 4 heteroatoms. The summed E-state index contributed by atoms with van der Waals surface area (Å²) < 4.78 is 23.0. The SMILES string of the molecule is CCCCC(CC)(CCl)CCS(=O)(=O)CC. The van der Waals surface area contributed by atoms with Gasteiger partial charge in [-0.15, -0.1) is 11.6 Å². The quantitative estimate of drug-likeness (QED) is 0.599. The summed E-state index contributed by atoms with van der Waals surface area (Å²) in [7, 11) is -2.86. The molecule has 1 atom stereocenters. The summed E-state index contributed by atoms with van der Waals surface area (Å²) in [6, 6.07) is 0. The molecule has 0 saturated heterocycles. The van der Waals surface area contributed by atoms with Crippen LogP contribution in [0, 0.1) is 5.41 Å². The van der Waals surface area contributed by atoms with Crippen LogP contribution in [0.1, 0.15) is 52.9 Å². The summed E-state index contributed by atoms with van der Waals surface area (Å²) in [4.78, 5) is 0. The van der Waals surface area contributed by atoms with Crippen LogP contribution in [0.3, 0.4) is 0 Å². The zero-order chi connectivity index (χ0) is 12.7. The van der Waals surface area contributed by atoms with Crippen LogP contribution in [0.4, 0.5) is 0 Å². The summed E-state index contributed by atoms with van der Waals surface area (Å²) >= 11 is 6.04. The van der Waals surface area contributed by atoms with Crippen molar-refractivity contribution in [3.8, 4) is 0 Å². The minimum atomic E-state index is -2.86. The van der Waals surface area contributed by atoms with Crippen molar-refractivity contribution in [3.63, 3.8) is 0 Å². The van der Waals surface area contributed by atoms with Crippen LogP contribution in [0.25, 0.3) is 0 Å². The van der Waals surface area contributed by atoms with E-state index in [9.17, 15) is 8.42 Å². The van der Waals surface area contributed by atoms with E-state index in [2.05, 4.69) is 13.8 Å². The number of unbranched alkanes of at least 4 members (excludes halogenated alkanes) is 1. The fourth-order valence-corrected chi connectivity index (χ4v) is 3.26. The van der Waals surface area contributed by atoms with Gasteiger partial charge < -0.3 is 0 Å². The maximum absolute atomic E-state index is 11.5. The average Bonchev–Trinajstić information content (AvgIpc) is 2.30. The molecule has 0 aliphatic heterocycles. The highest BCUT2D eigenvalue weighted by Gasteiger charge is 2.28. The molecule has 0 aromatic heterocycles. The lowest BCUT2D eigenvalue weighted by atomic mass is 9.80. The standard InChI is InChI=1S/C12H25ClO2S/c1-4-7-8-12(5-2,11-13)9-10-16(14,15)6-3/h4-11H2,1-3H3. The van der Waals surface area contributed by atoms with Crippen LogP contribution in [0.15, 0.2) is 0 Å². The Morgan fingerprint density at radius 3 is 2.12 bits per heavy atom. The minimum Gasteiger partial charge on any atom is -0.229 e. The third-order valence-corrected chi connectivity index (χ3v) is 5.75. The van der Waals surface area contributed by atoms with E-state index in [0.29, 0.717) is 12.3 Å². The second kappa shape index (κ2) is 7.54. The van der Waals surface area contributed by atoms with Gasteiger partial charge in [-0.3, -0.25) is 0 Å². The van der Waals surface area contributed by atoms with E-state index in [1.54, 1.807) is 6.92 Å². The molecular formula is C12H25ClO2S. The molecule has 0 rings (SSSR count). The Bertz CT molecular complexity index is 269. The Morgan fingerprint density at radius 1 is 1.12 bits per heavy atom. The van der Waals surface area contributed by atoms with Gasteiger partial charge in [0.05, 0.1) is 5.75 Å². The summed E-state index contributed by atoms with van der Waals surface area (Å²) in [6.45, 7) is 5.96. The first kappa shape index (κ1) is 16.2. The zero-order valence-corrected chi connectivity index (χ0v) is 12.3. The Labute approximate surface area is 106 Å². The van der Waals surface area contributed by atoms with Gasteiger partial charge in [0.25, 0.3) is 0 Å². The van der Waals surface area contributed by atoms with E-state index >= 15 is 0 Å². The second-order valence-electron chi connectivity index (χ2n) is 4.58. The fourth-order valence-electron chi connectivity index (χ4n) is 1.77. The van der Waals surface area contributed by atoms with Gasteiger partial charge in [-0.05, 0) is 24.7 Å². The highest BCUT2D eigenvalue weighted by Crippen LogP contribution is 2.34. The van der Waals surface area contributed by atoms with Gasteiger partial charge in [0.2, 0.25) is 0 Å². The van der Waals surface area contributed by atoms with Gasteiger partial charge in [-0.25, -0.2) is 8.42 Å². The summed E-state index contributed by atoms with van der Waals surface area (Å²) in [6.07, 6.45) is 4.99. The van der Waals surface area contributed by atoms with Crippen molar-refractivity contribution in [2.75, 3.05) is 17.4 Å². The van der Waals surface area contributed by atoms with E-state index in [1.165, 1.54) is 0 Å². The van der Waals surface area contributed by atoms with Crippen molar-refractivity contribution in [2.24, 2.45) is 5.41 Å². The smallest absolute Gasteiger partial charge is 0.150 e. The predicted molar refractivity (Wildman–Crippen MR) is 71.9 cm³/mol. The van der Waals surface area contributed by atoms with Crippen LogP contribution >= 0.6 is 11.6 Å². The largest absolute Gasteiger partial charge is 0.229 e. The third kappa shape index (κ3) is 5.53. The molecule has 0 fully saturated rings. The van der Waals surface area contributed by atoms with Crippen LogP contribution < -0.4 is 0 Å². The molecule has 98 valence electrons. The van der Waals surface area contributed by atoms with Crippen LogP contribution in [0.2, 0.25) is 0 Å². The highest BCUT2D eigenvalue weighted by atomic mass is 35.5. The lowest BCUT2D eigenvalue weighted by molar-refractivity contribution is 0.271. The number of rotatable bonds is 9. The zero-order valence-electron chi connectivity index (χ0n) is 10.8. The normalized spacial score (nSPS) is 16.0. The molecule has 0 N–H and O–H groups in total. The van der Waals surface area contributed by atoms with E-state index in [0.717, 1.165) is 25.7 Å². The van der Waals surface area contributed by atoms with Gasteiger partial charge >= 0.3 is 0 Å². The number of sulfone groups is 1. The molecule has 0 saturated carbocycles. The molecule has 0 heterocycles. The molecule has 0 aliphatic rings. The monoisotopic (exact) mass is 268 g/mol. The highest BCUT2D eigenvalue weighted by molar-refractivity contribution is 7.91. The van der Waals surface area contributed by atoms with Crippen molar-refractivity contribution in [2.45, 2.75) is 52.9 Å². The molecular weight excluding hydrogens is 244 g/mol. The number of alkyl halides is 1. The first-order valence-electron chi connectivity index (χ1n) is 6.21. The molecule has 0 aromatic rings. The van der Waals surface area contributed by atoms with Crippen LogP contribution in [-0.4, -0.2) is 25.8 Å². The maximum Gasteiger partial charge on any atom is 0.150 e. The van der Waals surface area contributed by atoms with Gasteiger partial charge in [0.1, 0.15) is 9.84 Å². The lowest BCUT2D eigenvalue weighted by Crippen LogP contribution is -2.26. The Balaban J connectivity index is 4.43. The van der Waals surface area contributed by atoms with E-state index in [1.807, 2.05) is 0 Å². The van der Waals surface area contributed by atoms with Crippen molar-refractivity contribution in [1.82, 2.24) is 0 Å². The summed E-state index contributed by atoms with van der Waals surface area (Å²) in [5.74, 6) is 1.10. The molecule has 0 bridgehead atoms. The van der Waals surface area contributed by atoms with Crippen molar-refractivity contribution >= 4 is 21.4 Å². The maximum atomic E-state index is 11.5.